The molecule has 4 N–H and O–H groups in total. The van der Waals surface area contributed by atoms with Gasteiger partial charge in [0.1, 0.15) is 0 Å². The molecule has 2 unspecified atom stereocenters. The van der Waals surface area contributed by atoms with Crippen LogP contribution in [0.5, 0.6) is 11.5 Å². The third-order valence-electron chi connectivity index (χ3n) is 5.54. The zero-order valence-electron chi connectivity index (χ0n) is 22.3. The minimum atomic E-state index is -0.00624. The van der Waals surface area contributed by atoms with Crippen LogP contribution in [0.1, 0.15) is 62.5 Å². The van der Waals surface area contributed by atoms with Crippen LogP contribution in [0.4, 0.5) is 0 Å². The lowest BCUT2D eigenvalue weighted by atomic mass is 10.1. The van der Waals surface area contributed by atoms with Crippen molar-refractivity contribution in [3.8, 4) is 11.5 Å². The van der Waals surface area contributed by atoms with Crippen molar-refractivity contribution in [2.24, 2.45) is 17.4 Å². The predicted octanol–water partition coefficient (Wildman–Crippen LogP) is 4.65. The average Bonchev–Trinajstić information content (AvgIpc) is 2.85. The first-order valence-corrected chi connectivity index (χ1v) is 12.4. The molecule has 0 saturated heterocycles. The average molecular weight is 488 g/mol. The van der Waals surface area contributed by atoms with Crippen molar-refractivity contribution >= 4 is 5.91 Å². The third-order valence-corrected chi connectivity index (χ3v) is 5.54. The summed E-state index contributed by atoms with van der Waals surface area (Å²) in [5, 5.41) is 0. The maximum absolute atomic E-state index is 13.0. The zero-order chi connectivity index (χ0) is 26.2. The molecule has 7 heteroatoms. The number of benzene rings is 2. The highest BCUT2D eigenvalue weighted by Gasteiger charge is 2.22. The van der Waals surface area contributed by atoms with E-state index in [4.69, 9.17) is 25.7 Å². The molecule has 0 aromatic heterocycles. The van der Waals surface area contributed by atoms with Crippen LogP contribution >= 0.6 is 0 Å². The van der Waals surface area contributed by atoms with Gasteiger partial charge in [-0.15, -0.1) is 0 Å². The highest BCUT2D eigenvalue weighted by atomic mass is 16.5. The van der Waals surface area contributed by atoms with Crippen molar-refractivity contribution in [3.05, 3.63) is 59.7 Å². The molecule has 0 heterocycles. The SMILES string of the molecule is CC(N)c1ccccc1.COCCCOc1cc(C(=O)N(CC(C)CCN)C(C)C)ccc1OC. The van der Waals surface area contributed by atoms with Crippen molar-refractivity contribution in [2.75, 3.05) is 40.5 Å². The predicted molar refractivity (Wildman–Crippen MR) is 143 cm³/mol. The Labute approximate surface area is 211 Å². The molecule has 0 bridgehead atoms. The number of amides is 1. The number of carbonyl (C=O) groups is 1. The molecule has 35 heavy (non-hydrogen) atoms. The molecule has 2 aromatic rings. The second-order valence-corrected chi connectivity index (χ2v) is 8.99. The van der Waals surface area contributed by atoms with Crippen molar-refractivity contribution in [1.82, 2.24) is 4.90 Å². The van der Waals surface area contributed by atoms with Gasteiger partial charge in [-0.1, -0.05) is 37.3 Å². The van der Waals surface area contributed by atoms with Crippen molar-refractivity contribution in [1.29, 1.82) is 0 Å². The fourth-order valence-electron chi connectivity index (χ4n) is 3.47. The number of methoxy groups -OCH3 is 2. The molecule has 2 atom stereocenters. The minimum Gasteiger partial charge on any atom is -0.493 e. The molecular weight excluding hydrogens is 442 g/mol. The van der Waals surface area contributed by atoms with E-state index >= 15 is 0 Å². The van der Waals surface area contributed by atoms with Gasteiger partial charge in [-0.05, 0) is 63.4 Å². The first-order chi connectivity index (χ1) is 16.7. The van der Waals surface area contributed by atoms with E-state index in [2.05, 4.69) is 6.92 Å². The number of carbonyl (C=O) groups excluding carboxylic acids is 1. The van der Waals surface area contributed by atoms with Gasteiger partial charge in [-0.3, -0.25) is 4.79 Å². The number of hydrogen-bond donors (Lipinski definition) is 2. The van der Waals surface area contributed by atoms with Gasteiger partial charge in [-0.25, -0.2) is 0 Å². The summed E-state index contributed by atoms with van der Waals surface area (Å²) in [6.07, 6.45) is 1.67. The number of ether oxygens (including phenoxy) is 3. The fraction of sp³-hybridized carbons (Fsp3) is 0.536. The lowest BCUT2D eigenvalue weighted by Gasteiger charge is -2.30. The van der Waals surface area contributed by atoms with E-state index < -0.39 is 0 Å². The van der Waals surface area contributed by atoms with E-state index in [0.717, 1.165) is 12.8 Å². The summed E-state index contributed by atoms with van der Waals surface area (Å²) >= 11 is 0. The number of nitrogens with zero attached hydrogens (tertiary/aromatic N) is 1. The quantitative estimate of drug-likeness (QED) is 0.399. The third kappa shape index (κ3) is 11.1. The second-order valence-electron chi connectivity index (χ2n) is 8.99. The molecule has 0 radical (unpaired) electrons. The van der Waals surface area contributed by atoms with Gasteiger partial charge in [0.2, 0.25) is 0 Å². The molecule has 196 valence electrons. The second kappa shape index (κ2) is 16.9. The number of hydrogen-bond acceptors (Lipinski definition) is 6. The molecule has 0 fully saturated rings. The van der Waals surface area contributed by atoms with E-state index in [1.807, 2.05) is 56.0 Å². The van der Waals surface area contributed by atoms with Gasteiger partial charge in [0.25, 0.3) is 5.91 Å². The van der Waals surface area contributed by atoms with Crippen molar-refractivity contribution in [2.45, 2.75) is 52.6 Å². The first kappa shape index (κ1) is 30.4. The lowest BCUT2D eigenvalue weighted by Crippen LogP contribution is -2.40. The van der Waals surface area contributed by atoms with E-state index in [0.29, 0.717) is 49.3 Å². The smallest absolute Gasteiger partial charge is 0.254 e. The molecule has 2 aromatic carbocycles. The van der Waals surface area contributed by atoms with Crippen LogP contribution in [0, 0.1) is 5.92 Å². The van der Waals surface area contributed by atoms with E-state index in [9.17, 15) is 4.79 Å². The molecular formula is C28H45N3O4. The fourth-order valence-corrected chi connectivity index (χ4v) is 3.47. The summed E-state index contributed by atoms with van der Waals surface area (Å²) in [4.78, 5) is 14.9. The van der Waals surface area contributed by atoms with Crippen LogP contribution in [-0.4, -0.2) is 57.4 Å². The summed E-state index contributed by atoms with van der Waals surface area (Å²) in [6.45, 7) is 10.6. The topological polar surface area (TPSA) is 100 Å². The van der Waals surface area contributed by atoms with Crippen LogP contribution in [0.2, 0.25) is 0 Å². The van der Waals surface area contributed by atoms with Crippen molar-refractivity contribution < 1.29 is 19.0 Å². The Morgan fingerprint density at radius 2 is 1.66 bits per heavy atom. The summed E-state index contributed by atoms with van der Waals surface area (Å²) in [6, 6.07) is 15.6. The minimum absolute atomic E-state index is 0.00624. The number of nitrogens with two attached hydrogens (primary N) is 2. The van der Waals surface area contributed by atoms with Gasteiger partial charge < -0.3 is 30.6 Å². The Hall–Kier alpha value is -2.61. The largest absolute Gasteiger partial charge is 0.493 e. The lowest BCUT2D eigenvalue weighted by molar-refractivity contribution is 0.0674. The monoisotopic (exact) mass is 487 g/mol. The van der Waals surface area contributed by atoms with Gasteiger partial charge >= 0.3 is 0 Å². The summed E-state index contributed by atoms with van der Waals surface area (Å²) in [7, 11) is 3.25. The standard InChI is InChI=1S/C20H34N2O4.C8H11N/c1-15(2)22(14-16(3)9-10-21)20(23)17-7-8-18(25-5)19(13-17)26-12-6-11-24-4;1-7(9)8-5-3-2-4-6-8/h7-8,13,15-16H,6,9-12,14,21H2,1-5H3;2-7H,9H2,1H3. The summed E-state index contributed by atoms with van der Waals surface area (Å²) in [5.74, 6) is 1.54. The molecule has 0 spiro atoms. The summed E-state index contributed by atoms with van der Waals surface area (Å²) < 4.78 is 16.2. The van der Waals surface area contributed by atoms with Crippen LogP contribution in [0.25, 0.3) is 0 Å². The molecule has 1 amide bonds. The van der Waals surface area contributed by atoms with E-state index in [-0.39, 0.29) is 18.0 Å². The highest BCUT2D eigenvalue weighted by molar-refractivity contribution is 5.95. The molecule has 7 nitrogen and oxygen atoms in total. The van der Waals surface area contributed by atoms with Crippen LogP contribution in [0.15, 0.2) is 48.5 Å². The van der Waals surface area contributed by atoms with Gasteiger partial charge in [-0.2, -0.15) is 0 Å². The molecule has 0 saturated carbocycles. The van der Waals surface area contributed by atoms with Crippen LogP contribution < -0.4 is 20.9 Å². The van der Waals surface area contributed by atoms with Crippen LogP contribution in [-0.2, 0) is 4.74 Å². The Kier molecular flexibility index (Phi) is 14.7. The van der Waals surface area contributed by atoms with Gasteiger partial charge in [0, 0.05) is 44.3 Å². The maximum Gasteiger partial charge on any atom is 0.254 e. The molecule has 0 aliphatic carbocycles. The Morgan fingerprint density at radius 3 is 2.17 bits per heavy atom. The van der Waals surface area contributed by atoms with Gasteiger partial charge in [0.15, 0.2) is 11.5 Å². The van der Waals surface area contributed by atoms with Crippen molar-refractivity contribution in [3.63, 3.8) is 0 Å². The first-order valence-electron chi connectivity index (χ1n) is 12.4. The Morgan fingerprint density at radius 1 is 0.971 bits per heavy atom. The zero-order valence-corrected chi connectivity index (χ0v) is 22.3. The summed E-state index contributed by atoms with van der Waals surface area (Å²) in [5.41, 5.74) is 13.0. The number of rotatable bonds is 13. The van der Waals surface area contributed by atoms with E-state index in [1.54, 1.807) is 32.4 Å². The highest BCUT2D eigenvalue weighted by Crippen LogP contribution is 2.29. The van der Waals surface area contributed by atoms with E-state index in [1.165, 1.54) is 5.56 Å². The Balaban J connectivity index is 0.000000566. The Bertz CT molecular complexity index is 843. The molecule has 0 aliphatic rings. The molecule has 0 aliphatic heterocycles. The molecule has 2 rings (SSSR count). The maximum atomic E-state index is 13.0. The van der Waals surface area contributed by atoms with Crippen LogP contribution in [0.3, 0.4) is 0 Å². The van der Waals surface area contributed by atoms with Gasteiger partial charge in [0.05, 0.1) is 13.7 Å². The normalized spacial score (nSPS) is 12.4.